The largest absolute Gasteiger partial charge is 0.496 e. The first kappa shape index (κ1) is 22.2. The van der Waals surface area contributed by atoms with Crippen molar-refractivity contribution < 1.29 is 9.84 Å². The van der Waals surface area contributed by atoms with Gasteiger partial charge in [0.05, 0.1) is 7.11 Å². The van der Waals surface area contributed by atoms with Crippen molar-refractivity contribution in [1.29, 1.82) is 0 Å². The van der Waals surface area contributed by atoms with Crippen LogP contribution in [-0.4, -0.2) is 67.9 Å². The molecule has 2 atom stereocenters. The maximum Gasteiger partial charge on any atom is 0.122 e. The second-order valence-corrected chi connectivity index (χ2v) is 7.98. The Bertz CT molecular complexity index is 529. The fourth-order valence-electron chi connectivity index (χ4n) is 4.61. The van der Waals surface area contributed by atoms with Crippen LogP contribution in [0.3, 0.4) is 0 Å². The number of aliphatic hydroxyl groups is 1. The summed E-state index contributed by atoms with van der Waals surface area (Å²) in [4.78, 5) is 5.05. The molecule has 27 heavy (non-hydrogen) atoms. The first-order valence-corrected chi connectivity index (χ1v) is 10.8. The van der Waals surface area contributed by atoms with E-state index < -0.39 is 0 Å². The molecule has 1 aliphatic rings. The summed E-state index contributed by atoms with van der Waals surface area (Å²) in [6.45, 7) is 9.30. The summed E-state index contributed by atoms with van der Waals surface area (Å²) in [7, 11) is 3.97. The molecular formula is C23H40N2O2. The third-order valence-electron chi connectivity index (χ3n) is 6.49. The average Bonchev–Trinajstić information content (AvgIpc) is 2.73. The zero-order valence-electron chi connectivity index (χ0n) is 17.9. The van der Waals surface area contributed by atoms with Gasteiger partial charge in [-0.15, -0.1) is 0 Å². The second-order valence-electron chi connectivity index (χ2n) is 7.98. The molecule has 0 saturated carbocycles. The van der Waals surface area contributed by atoms with Gasteiger partial charge in [0.1, 0.15) is 5.75 Å². The summed E-state index contributed by atoms with van der Waals surface area (Å²) >= 11 is 0. The second kappa shape index (κ2) is 11.7. The van der Waals surface area contributed by atoms with Crippen LogP contribution in [0, 0.1) is 5.92 Å². The van der Waals surface area contributed by atoms with Crippen LogP contribution in [0.15, 0.2) is 24.3 Å². The highest BCUT2D eigenvalue weighted by atomic mass is 16.5. The average molecular weight is 377 g/mol. The lowest BCUT2D eigenvalue weighted by atomic mass is 9.84. The molecule has 0 spiro atoms. The first-order chi connectivity index (χ1) is 13.1. The number of nitrogens with zero attached hydrogens (tertiary/aromatic N) is 2. The van der Waals surface area contributed by atoms with Crippen LogP contribution < -0.4 is 4.74 Å². The molecule has 0 aromatic heterocycles. The van der Waals surface area contributed by atoms with Crippen LogP contribution in [-0.2, 0) is 0 Å². The Morgan fingerprint density at radius 3 is 2.48 bits per heavy atom. The van der Waals surface area contributed by atoms with E-state index in [4.69, 9.17) is 4.74 Å². The molecule has 1 aromatic rings. The monoisotopic (exact) mass is 376 g/mol. The van der Waals surface area contributed by atoms with E-state index in [0.717, 1.165) is 38.3 Å². The van der Waals surface area contributed by atoms with Crippen LogP contribution in [0.5, 0.6) is 5.75 Å². The van der Waals surface area contributed by atoms with Gasteiger partial charge in [-0.25, -0.2) is 0 Å². The van der Waals surface area contributed by atoms with Crippen molar-refractivity contribution in [2.75, 3.05) is 46.9 Å². The van der Waals surface area contributed by atoms with Gasteiger partial charge in [-0.2, -0.15) is 0 Å². The molecule has 154 valence electrons. The Hall–Kier alpha value is -1.10. The lowest BCUT2D eigenvalue weighted by Gasteiger charge is -2.41. The molecule has 1 aliphatic heterocycles. The number of para-hydroxylation sites is 1. The first-order valence-electron chi connectivity index (χ1n) is 10.8. The highest BCUT2D eigenvalue weighted by Gasteiger charge is 2.30. The van der Waals surface area contributed by atoms with Gasteiger partial charge in [0.2, 0.25) is 0 Å². The zero-order valence-corrected chi connectivity index (χ0v) is 17.9. The predicted octanol–water partition coefficient (Wildman–Crippen LogP) is 3.99. The van der Waals surface area contributed by atoms with Gasteiger partial charge in [-0.3, -0.25) is 4.90 Å². The smallest absolute Gasteiger partial charge is 0.122 e. The molecule has 4 nitrogen and oxygen atoms in total. The Labute approximate surface area is 166 Å². The Kier molecular flexibility index (Phi) is 9.60. The van der Waals surface area contributed by atoms with Gasteiger partial charge in [-0.05, 0) is 82.4 Å². The summed E-state index contributed by atoms with van der Waals surface area (Å²) in [5, 5.41) is 9.68. The minimum Gasteiger partial charge on any atom is -0.496 e. The fraction of sp³-hybridized carbons (Fsp3) is 0.739. The van der Waals surface area contributed by atoms with Crippen molar-refractivity contribution in [1.82, 2.24) is 9.80 Å². The van der Waals surface area contributed by atoms with Crippen molar-refractivity contribution in [2.24, 2.45) is 5.92 Å². The van der Waals surface area contributed by atoms with Crippen molar-refractivity contribution in [3.05, 3.63) is 29.8 Å². The molecule has 2 unspecified atom stereocenters. The number of methoxy groups -OCH3 is 1. The summed E-state index contributed by atoms with van der Waals surface area (Å²) in [6.07, 6.45) is 5.65. The molecule has 1 saturated heterocycles. The van der Waals surface area contributed by atoms with E-state index in [2.05, 4.69) is 48.9 Å². The van der Waals surface area contributed by atoms with Gasteiger partial charge < -0.3 is 14.7 Å². The number of hydrogen-bond donors (Lipinski definition) is 1. The maximum absolute atomic E-state index is 9.68. The number of aliphatic hydroxyl groups excluding tert-OH is 1. The van der Waals surface area contributed by atoms with E-state index in [1.165, 1.54) is 31.2 Å². The summed E-state index contributed by atoms with van der Waals surface area (Å²) in [5.74, 6) is 2.27. The normalized spacial score (nSPS) is 18.6. The van der Waals surface area contributed by atoms with Gasteiger partial charge in [0.25, 0.3) is 0 Å². The van der Waals surface area contributed by atoms with Gasteiger partial charge >= 0.3 is 0 Å². The van der Waals surface area contributed by atoms with Crippen LogP contribution in [0.4, 0.5) is 0 Å². The van der Waals surface area contributed by atoms with Crippen LogP contribution in [0.1, 0.15) is 57.4 Å². The molecule has 0 aliphatic carbocycles. The quantitative estimate of drug-likeness (QED) is 0.633. The summed E-state index contributed by atoms with van der Waals surface area (Å²) in [5.41, 5.74) is 1.36. The molecule has 0 amide bonds. The number of piperidine rings is 1. The maximum atomic E-state index is 9.68. The Morgan fingerprint density at radius 2 is 1.89 bits per heavy atom. The molecule has 0 radical (unpaired) electrons. The summed E-state index contributed by atoms with van der Waals surface area (Å²) in [6, 6.07) is 8.97. The molecule has 4 heteroatoms. The molecule has 0 bridgehead atoms. The molecule has 2 rings (SSSR count). The third-order valence-corrected chi connectivity index (χ3v) is 6.49. The van der Waals surface area contributed by atoms with Gasteiger partial charge in [0, 0.05) is 12.6 Å². The molecule has 1 heterocycles. The minimum atomic E-state index is 0.289. The standard InChI is InChI=1S/C23H40N2O2/c1-5-19(11-15-24(3)6-2)22(14-18-26)25-16-12-20(13-17-25)21-9-7-8-10-23(21)27-4/h7-10,19-20,22,26H,5-6,11-18H2,1-4H3. The van der Waals surface area contributed by atoms with Crippen LogP contribution >= 0.6 is 0 Å². The van der Waals surface area contributed by atoms with E-state index in [0.29, 0.717) is 17.9 Å². The molecule has 1 aromatic carbocycles. The van der Waals surface area contributed by atoms with Crippen LogP contribution in [0.25, 0.3) is 0 Å². The van der Waals surface area contributed by atoms with E-state index in [9.17, 15) is 5.11 Å². The third kappa shape index (κ3) is 6.20. The van der Waals surface area contributed by atoms with Crippen molar-refractivity contribution >= 4 is 0 Å². The number of hydrogen-bond acceptors (Lipinski definition) is 4. The van der Waals surface area contributed by atoms with Crippen LogP contribution in [0.2, 0.25) is 0 Å². The van der Waals surface area contributed by atoms with Crippen molar-refractivity contribution in [3.63, 3.8) is 0 Å². The van der Waals surface area contributed by atoms with E-state index in [-0.39, 0.29) is 6.61 Å². The van der Waals surface area contributed by atoms with Crippen molar-refractivity contribution in [3.8, 4) is 5.75 Å². The predicted molar refractivity (Wildman–Crippen MR) is 114 cm³/mol. The lowest BCUT2D eigenvalue weighted by molar-refractivity contribution is 0.0764. The van der Waals surface area contributed by atoms with Gasteiger partial charge in [-0.1, -0.05) is 38.5 Å². The van der Waals surface area contributed by atoms with Crippen molar-refractivity contribution in [2.45, 2.75) is 57.9 Å². The van der Waals surface area contributed by atoms with E-state index >= 15 is 0 Å². The molecule has 1 N–H and O–H groups in total. The molecular weight excluding hydrogens is 336 g/mol. The van der Waals surface area contributed by atoms with E-state index in [1.807, 2.05) is 6.07 Å². The van der Waals surface area contributed by atoms with E-state index in [1.54, 1.807) is 7.11 Å². The Morgan fingerprint density at radius 1 is 1.19 bits per heavy atom. The summed E-state index contributed by atoms with van der Waals surface area (Å²) < 4.78 is 5.58. The highest BCUT2D eigenvalue weighted by molar-refractivity contribution is 5.36. The number of benzene rings is 1. The van der Waals surface area contributed by atoms with Gasteiger partial charge in [0.15, 0.2) is 0 Å². The lowest BCUT2D eigenvalue weighted by Crippen LogP contribution is -2.46. The number of likely N-dealkylation sites (tertiary alicyclic amines) is 1. The topological polar surface area (TPSA) is 35.9 Å². The number of ether oxygens (including phenoxy) is 1. The minimum absolute atomic E-state index is 0.289. The zero-order chi connectivity index (χ0) is 19.6. The Balaban J connectivity index is 1.99. The molecule has 1 fully saturated rings. The highest BCUT2D eigenvalue weighted by Crippen LogP contribution is 2.36. The SMILES string of the molecule is CCC(CCN(C)CC)C(CCO)N1CCC(c2ccccc2OC)CC1. The fourth-order valence-corrected chi connectivity index (χ4v) is 4.61. The number of rotatable bonds is 11.